The molecule has 2 saturated heterocycles. The minimum atomic E-state index is -0.171. The molecule has 2 aliphatic heterocycles. The smallest absolute Gasteiger partial charge is 0.303 e. The van der Waals surface area contributed by atoms with Gasteiger partial charge >= 0.3 is 11.9 Å². The molecular formula is C36H59Br2N3O4. The van der Waals surface area contributed by atoms with Gasteiger partial charge in [-0.25, -0.2) is 0 Å². The summed E-state index contributed by atoms with van der Waals surface area (Å²) in [7, 11) is 2.45. The number of nitriles is 1. The number of piperidine rings is 2. The Morgan fingerprint density at radius 1 is 0.800 bits per heavy atom. The number of fused-ring (bicyclic) bond motifs is 5. The molecule has 256 valence electrons. The molecule has 2 heterocycles. The summed E-state index contributed by atoms with van der Waals surface area (Å²) in [6.07, 6.45) is 15.3. The van der Waals surface area contributed by atoms with E-state index in [9.17, 15) is 14.9 Å². The van der Waals surface area contributed by atoms with E-state index < -0.39 is 0 Å². The van der Waals surface area contributed by atoms with Crippen LogP contribution >= 0.6 is 0 Å². The Morgan fingerprint density at radius 3 is 2.02 bits per heavy atom. The number of carbonyl (C=O) groups is 2. The summed E-state index contributed by atoms with van der Waals surface area (Å²) in [6.45, 7) is 13.3. The fourth-order valence-electron chi connectivity index (χ4n) is 12.5. The van der Waals surface area contributed by atoms with Crippen molar-refractivity contribution in [3.63, 3.8) is 0 Å². The first kappa shape index (κ1) is 37.1. The molecule has 9 unspecified atom stereocenters. The predicted octanol–water partition coefficient (Wildman–Crippen LogP) is 0.0123. The lowest BCUT2D eigenvalue weighted by Crippen LogP contribution is -3.00. The lowest BCUT2D eigenvalue weighted by atomic mass is 9.44. The van der Waals surface area contributed by atoms with E-state index in [2.05, 4.69) is 27.0 Å². The summed E-state index contributed by atoms with van der Waals surface area (Å²) in [5.41, 5.74) is 0.220. The standard InChI is InChI=1S/C36H59N3O4.2BrH/c1-25(40)42-33-22-27-12-13-28-29(36(27,4)24-32(33)39(21-16-37)19-10-7-11-20-39)14-15-35(3)30(28)23-31(34(35)43-26(2)41)38(5)17-8-6-9-18-38;;/h27-34H,6-15,17-24H2,1-5H3;2*1H/q+2;;/p-2/t27?,28?,29?,30?,31?,32?,33-,34?,35?,36?;;/m0../s1. The molecule has 0 aromatic heterocycles. The first-order valence-corrected chi connectivity index (χ1v) is 17.9. The first-order chi connectivity index (χ1) is 20.5. The van der Waals surface area contributed by atoms with Crippen LogP contribution in [0.15, 0.2) is 0 Å². The molecule has 6 aliphatic rings. The van der Waals surface area contributed by atoms with Gasteiger partial charge in [0.05, 0.1) is 33.2 Å². The highest BCUT2D eigenvalue weighted by Gasteiger charge is 2.68. The quantitative estimate of drug-likeness (QED) is 0.225. The van der Waals surface area contributed by atoms with Crippen molar-refractivity contribution in [2.45, 2.75) is 135 Å². The second-order valence-electron chi connectivity index (χ2n) is 16.7. The van der Waals surface area contributed by atoms with Crippen molar-refractivity contribution in [1.82, 2.24) is 0 Å². The predicted molar refractivity (Wildman–Crippen MR) is 165 cm³/mol. The summed E-state index contributed by atoms with van der Waals surface area (Å²) in [5, 5.41) is 10.0. The van der Waals surface area contributed by atoms with Crippen molar-refractivity contribution in [2.24, 2.45) is 34.5 Å². The summed E-state index contributed by atoms with van der Waals surface area (Å²) in [5.74, 6) is 2.14. The Kier molecular flexibility index (Phi) is 11.6. The SMILES string of the molecule is CC(=O)OC1C([N+]2(C)CCCCC2)CC2C3CCC4C[C@H](OC(C)=O)C([N+]5(CC#N)CCCCC5)CC4(C)C3CCC21C.[Br-].[Br-]. The Labute approximate surface area is 293 Å². The molecule has 6 rings (SSSR count). The van der Waals surface area contributed by atoms with Crippen LogP contribution < -0.4 is 34.0 Å². The van der Waals surface area contributed by atoms with Crippen molar-refractivity contribution in [3.05, 3.63) is 0 Å². The molecule has 0 radical (unpaired) electrons. The first-order valence-electron chi connectivity index (χ1n) is 17.9. The Hall–Kier alpha value is -0.690. The van der Waals surface area contributed by atoms with Crippen LogP contribution in [0.25, 0.3) is 0 Å². The maximum atomic E-state index is 12.6. The lowest BCUT2D eigenvalue weighted by molar-refractivity contribution is -0.954. The van der Waals surface area contributed by atoms with Gasteiger partial charge in [0.25, 0.3) is 0 Å². The van der Waals surface area contributed by atoms with Gasteiger partial charge in [0, 0.05) is 32.1 Å². The molecule has 9 heteroatoms. The Morgan fingerprint density at radius 2 is 1.42 bits per heavy atom. The minimum Gasteiger partial charge on any atom is -1.00 e. The normalized spacial score (nSPS) is 43.0. The van der Waals surface area contributed by atoms with Crippen molar-refractivity contribution in [1.29, 1.82) is 5.26 Å². The molecule has 45 heavy (non-hydrogen) atoms. The van der Waals surface area contributed by atoms with Gasteiger partial charge in [-0.2, -0.15) is 5.26 Å². The van der Waals surface area contributed by atoms with E-state index in [-0.39, 0.29) is 75.0 Å². The number of likely N-dealkylation sites (tertiary alicyclic amines) is 2. The van der Waals surface area contributed by atoms with Gasteiger partial charge in [0.15, 0.2) is 18.8 Å². The third kappa shape index (κ3) is 6.42. The van der Waals surface area contributed by atoms with E-state index in [1.54, 1.807) is 13.8 Å². The van der Waals surface area contributed by atoms with Crippen molar-refractivity contribution in [3.8, 4) is 6.07 Å². The zero-order valence-electron chi connectivity index (χ0n) is 28.6. The molecule has 0 amide bonds. The average Bonchev–Trinajstić information content (AvgIpc) is 3.26. The molecule has 6 fully saturated rings. The molecule has 0 aromatic rings. The fraction of sp³-hybridized carbons (Fsp3) is 0.917. The van der Waals surface area contributed by atoms with Crippen molar-refractivity contribution in [2.75, 3.05) is 39.8 Å². The van der Waals surface area contributed by atoms with Gasteiger partial charge in [-0.05, 0) is 99.7 Å². The van der Waals surface area contributed by atoms with Gasteiger partial charge in [-0.15, -0.1) is 0 Å². The molecule has 10 atom stereocenters. The molecule has 0 spiro atoms. The second kappa shape index (κ2) is 14.0. The molecule has 7 nitrogen and oxygen atoms in total. The summed E-state index contributed by atoms with van der Waals surface area (Å²) < 4.78 is 14.4. The van der Waals surface area contributed by atoms with Crippen LogP contribution in [0.3, 0.4) is 0 Å². The molecule has 0 N–H and O–H groups in total. The van der Waals surface area contributed by atoms with Gasteiger partial charge in [-0.1, -0.05) is 13.8 Å². The minimum absolute atomic E-state index is 0. The van der Waals surface area contributed by atoms with Gasteiger partial charge < -0.3 is 52.4 Å². The van der Waals surface area contributed by atoms with Crippen LogP contribution in [0.1, 0.15) is 111 Å². The van der Waals surface area contributed by atoms with Crippen LogP contribution in [-0.2, 0) is 19.1 Å². The molecule has 0 aromatic carbocycles. The number of quaternary nitrogens is 2. The summed E-state index contributed by atoms with van der Waals surface area (Å²) >= 11 is 0. The number of likely N-dealkylation sites (N-methyl/N-ethyl adjacent to an activating group) is 1. The monoisotopic (exact) mass is 755 g/mol. The van der Waals surface area contributed by atoms with Crippen molar-refractivity contribution < 1.29 is 62.0 Å². The van der Waals surface area contributed by atoms with Gasteiger partial charge in [-0.3, -0.25) is 9.59 Å². The summed E-state index contributed by atoms with van der Waals surface area (Å²) in [6, 6.07) is 3.18. The zero-order chi connectivity index (χ0) is 30.6. The van der Waals surface area contributed by atoms with Crippen LogP contribution in [0.2, 0.25) is 0 Å². The Bertz CT molecular complexity index is 1120. The van der Waals surface area contributed by atoms with E-state index in [0.29, 0.717) is 36.3 Å². The number of nitrogens with zero attached hydrogens (tertiary/aromatic N) is 3. The topological polar surface area (TPSA) is 76.4 Å². The number of halogens is 2. The van der Waals surface area contributed by atoms with Gasteiger partial charge in [0.2, 0.25) is 0 Å². The highest BCUT2D eigenvalue weighted by molar-refractivity contribution is 5.66. The number of rotatable bonds is 5. The van der Waals surface area contributed by atoms with Crippen LogP contribution in [0.5, 0.6) is 0 Å². The number of carbonyl (C=O) groups excluding carboxylic acids is 2. The molecular weight excluding hydrogens is 698 g/mol. The molecule has 4 saturated carbocycles. The van der Waals surface area contributed by atoms with E-state index in [4.69, 9.17) is 9.47 Å². The van der Waals surface area contributed by atoms with Crippen molar-refractivity contribution >= 4 is 11.9 Å². The maximum Gasteiger partial charge on any atom is 0.303 e. The van der Waals surface area contributed by atoms with E-state index >= 15 is 0 Å². The number of hydrogen-bond acceptors (Lipinski definition) is 5. The number of esters is 2. The second-order valence-corrected chi connectivity index (χ2v) is 16.7. The maximum absolute atomic E-state index is 12.6. The number of ether oxygens (including phenoxy) is 2. The van der Waals surface area contributed by atoms with Crippen LogP contribution in [0, 0.1) is 45.8 Å². The lowest BCUT2D eigenvalue weighted by Gasteiger charge is -2.63. The highest BCUT2D eigenvalue weighted by atomic mass is 79.9. The van der Waals surface area contributed by atoms with E-state index in [0.717, 1.165) is 54.2 Å². The van der Waals surface area contributed by atoms with E-state index in [1.165, 1.54) is 64.5 Å². The van der Waals surface area contributed by atoms with Crippen LogP contribution in [0.4, 0.5) is 0 Å². The highest BCUT2D eigenvalue weighted by Crippen LogP contribution is 2.68. The average molecular weight is 758 g/mol. The summed E-state index contributed by atoms with van der Waals surface area (Å²) in [4.78, 5) is 25.0. The Balaban J connectivity index is 0.00000230. The van der Waals surface area contributed by atoms with Gasteiger partial charge in [0.1, 0.15) is 18.2 Å². The largest absolute Gasteiger partial charge is 1.00 e. The third-order valence-corrected chi connectivity index (χ3v) is 14.6. The molecule has 0 bridgehead atoms. The number of hydrogen-bond donors (Lipinski definition) is 0. The zero-order valence-corrected chi connectivity index (χ0v) is 31.7. The molecule has 4 aliphatic carbocycles. The van der Waals surface area contributed by atoms with Crippen LogP contribution in [-0.4, -0.2) is 85.0 Å². The third-order valence-electron chi connectivity index (χ3n) is 14.6. The van der Waals surface area contributed by atoms with E-state index in [1.807, 2.05) is 0 Å². The fourth-order valence-corrected chi connectivity index (χ4v) is 12.5.